The fourth-order valence-electron chi connectivity index (χ4n) is 4.58. The van der Waals surface area contributed by atoms with Crippen LogP contribution < -0.4 is 16.3 Å². The van der Waals surface area contributed by atoms with E-state index in [4.69, 9.17) is 32.7 Å². The number of carbonyl (C=O) groups is 2. The Morgan fingerprint density at radius 3 is 2.47 bits per heavy atom. The maximum Gasteiger partial charge on any atom is 0.515 e. The van der Waals surface area contributed by atoms with Crippen LogP contribution in [-0.4, -0.2) is 44.3 Å². The molecule has 1 unspecified atom stereocenters. The lowest BCUT2D eigenvalue weighted by Gasteiger charge is -2.21. The van der Waals surface area contributed by atoms with E-state index in [1.165, 1.54) is 31.2 Å². The Morgan fingerprint density at radius 2 is 1.81 bits per heavy atom. The summed E-state index contributed by atoms with van der Waals surface area (Å²) < 4.78 is 12.2. The number of rotatable bonds is 15. The maximum absolute atomic E-state index is 12.3. The predicted octanol–water partition coefficient (Wildman–Crippen LogP) is 5.47. The van der Waals surface area contributed by atoms with Crippen molar-refractivity contribution in [3.63, 3.8) is 0 Å². The highest BCUT2D eigenvalue weighted by molar-refractivity contribution is 6.31. The molecule has 0 aliphatic heterocycles. The van der Waals surface area contributed by atoms with Gasteiger partial charge in [-0.2, -0.15) is 5.12 Å². The molecule has 1 aromatic heterocycles. The lowest BCUT2D eigenvalue weighted by Crippen LogP contribution is -2.40. The van der Waals surface area contributed by atoms with Gasteiger partial charge in [0, 0.05) is 18.5 Å². The van der Waals surface area contributed by atoms with Gasteiger partial charge in [-0.1, -0.05) is 85.6 Å². The molecule has 246 valence electrons. The number of carbonyl (C=O) groups excluding carboxylic acids is 2. The molecule has 4 N–H and O–H groups in total. The normalized spacial score (nSPS) is 11.9. The zero-order valence-corrected chi connectivity index (χ0v) is 26.5. The van der Waals surface area contributed by atoms with E-state index < -0.39 is 17.5 Å². The van der Waals surface area contributed by atoms with Gasteiger partial charge in [0.25, 0.3) is 5.09 Å². The second-order valence-corrected chi connectivity index (χ2v) is 10.7. The molecule has 0 radical (unpaired) electrons. The number of hydrogen-bond acceptors (Lipinski definition) is 11. The van der Waals surface area contributed by atoms with Crippen LogP contribution >= 0.6 is 11.6 Å². The number of amidine groups is 1. The van der Waals surface area contributed by atoms with Crippen molar-refractivity contribution in [1.82, 2.24) is 14.7 Å². The molecule has 0 aliphatic rings. The monoisotopic (exact) mass is 663 g/mol. The van der Waals surface area contributed by atoms with Gasteiger partial charge in [-0.3, -0.25) is 4.79 Å². The Hall–Kier alpha value is -5.47. The number of aromatic nitrogens is 2. The summed E-state index contributed by atoms with van der Waals surface area (Å²) in [5.41, 5.74) is 10.4. The molecular formula is C32H34ClN7O7. The lowest BCUT2D eigenvalue weighted by atomic mass is 9.98. The molecular weight excluding hydrogens is 630 g/mol. The van der Waals surface area contributed by atoms with Crippen LogP contribution in [0.5, 0.6) is 5.75 Å². The van der Waals surface area contributed by atoms with Crippen LogP contribution in [0, 0.1) is 10.1 Å². The summed E-state index contributed by atoms with van der Waals surface area (Å²) >= 11 is 6.23. The summed E-state index contributed by atoms with van der Waals surface area (Å²) in [5.74, 6) is 7.04. The molecule has 0 amide bonds. The summed E-state index contributed by atoms with van der Waals surface area (Å²) in [6.07, 6.45) is 1.26. The third kappa shape index (κ3) is 9.28. The predicted molar refractivity (Wildman–Crippen MR) is 174 cm³/mol. The highest BCUT2D eigenvalue weighted by Gasteiger charge is 2.19. The van der Waals surface area contributed by atoms with Gasteiger partial charge in [-0.15, -0.1) is 15.2 Å². The molecule has 0 spiro atoms. The summed E-state index contributed by atoms with van der Waals surface area (Å²) in [7, 11) is 0. The number of hydrogen-bond donors (Lipinski definition) is 2. The molecule has 0 saturated carbocycles. The summed E-state index contributed by atoms with van der Waals surface area (Å²) in [5, 5.41) is 14.7. The van der Waals surface area contributed by atoms with Gasteiger partial charge < -0.3 is 24.6 Å². The molecule has 0 aliphatic carbocycles. The van der Waals surface area contributed by atoms with Gasteiger partial charge in [0.1, 0.15) is 23.9 Å². The zero-order chi connectivity index (χ0) is 33.9. The Labute approximate surface area is 275 Å². The van der Waals surface area contributed by atoms with E-state index in [-0.39, 0.29) is 23.3 Å². The van der Waals surface area contributed by atoms with Crippen LogP contribution in [0.4, 0.5) is 4.79 Å². The van der Waals surface area contributed by atoms with Crippen molar-refractivity contribution in [3.8, 4) is 16.9 Å². The fraction of sp³-hybridized carbons (Fsp3) is 0.250. The van der Waals surface area contributed by atoms with Crippen LogP contribution in [0.25, 0.3) is 11.1 Å². The Morgan fingerprint density at radius 1 is 1.13 bits per heavy atom. The molecule has 15 heteroatoms. The molecule has 1 atom stereocenters. The number of nitrogens with two attached hydrogens (primary N) is 2. The number of unbranched alkanes of at least 4 members (excludes halogenated alkanes) is 1. The van der Waals surface area contributed by atoms with Crippen molar-refractivity contribution in [2.45, 2.75) is 52.5 Å². The van der Waals surface area contributed by atoms with Crippen molar-refractivity contribution in [1.29, 1.82) is 0 Å². The molecule has 4 rings (SSSR count). The highest BCUT2D eigenvalue weighted by atomic mass is 35.5. The summed E-state index contributed by atoms with van der Waals surface area (Å²) in [6.45, 7) is 3.77. The van der Waals surface area contributed by atoms with Gasteiger partial charge in [-0.25, -0.2) is 15.6 Å². The van der Waals surface area contributed by atoms with Crippen molar-refractivity contribution in [3.05, 3.63) is 116 Å². The molecule has 0 bridgehead atoms. The number of hydrazine groups is 1. The van der Waals surface area contributed by atoms with Gasteiger partial charge in [-0.05, 0) is 47.7 Å². The first-order chi connectivity index (χ1) is 22.6. The van der Waals surface area contributed by atoms with Gasteiger partial charge in [0.15, 0.2) is 17.3 Å². The third-order valence-corrected chi connectivity index (χ3v) is 7.32. The Balaban J connectivity index is 1.42. The smallest absolute Gasteiger partial charge is 0.407 e. The molecule has 1 heterocycles. The summed E-state index contributed by atoms with van der Waals surface area (Å²) in [6, 6.07) is 21.0. The minimum Gasteiger partial charge on any atom is -0.407 e. The molecule has 14 nitrogen and oxygen atoms in total. The van der Waals surface area contributed by atoms with E-state index in [1.54, 1.807) is 6.07 Å². The Kier molecular flexibility index (Phi) is 11.9. The van der Waals surface area contributed by atoms with Crippen LogP contribution in [0.3, 0.4) is 0 Å². The van der Waals surface area contributed by atoms with Crippen molar-refractivity contribution in [2.75, 3.05) is 0 Å². The second-order valence-electron chi connectivity index (χ2n) is 10.3. The van der Waals surface area contributed by atoms with Gasteiger partial charge in [0.05, 0.1) is 0 Å². The lowest BCUT2D eigenvalue weighted by molar-refractivity contribution is -0.763. The zero-order valence-electron chi connectivity index (χ0n) is 25.7. The molecule has 47 heavy (non-hydrogen) atoms. The first-order valence-corrected chi connectivity index (χ1v) is 15.0. The SMILES string of the molecule is CCCCc1nc(Cl)c(C=O)n1Cc1ccc(-c2ccccc2/C(N)=N/N(N)C(C)OC(=O)Oc2ccc(CO[N+](=O)[O-])cc2)cc1. The van der Waals surface area contributed by atoms with Crippen LogP contribution in [0.1, 0.15) is 59.7 Å². The molecule has 4 aromatic rings. The van der Waals surface area contributed by atoms with E-state index in [9.17, 15) is 19.7 Å². The average molecular weight is 664 g/mol. The van der Waals surface area contributed by atoms with E-state index in [0.717, 1.165) is 53.2 Å². The quantitative estimate of drug-likeness (QED) is 0.0189. The number of aryl methyl sites for hydroxylation is 1. The van der Waals surface area contributed by atoms with Crippen LogP contribution in [0.2, 0.25) is 5.15 Å². The minimum atomic E-state index is -1.06. The number of nitrogens with zero attached hydrogens (tertiary/aromatic N) is 5. The van der Waals surface area contributed by atoms with E-state index in [2.05, 4.69) is 21.8 Å². The van der Waals surface area contributed by atoms with Crippen molar-refractivity contribution in [2.24, 2.45) is 16.7 Å². The average Bonchev–Trinajstić information content (AvgIpc) is 3.36. The van der Waals surface area contributed by atoms with Gasteiger partial charge in [0.2, 0.25) is 6.23 Å². The van der Waals surface area contributed by atoms with Crippen molar-refractivity contribution >= 4 is 29.9 Å². The van der Waals surface area contributed by atoms with E-state index in [0.29, 0.717) is 23.4 Å². The number of benzene rings is 3. The summed E-state index contributed by atoms with van der Waals surface area (Å²) in [4.78, 5) is 43.1. The number of halogens is 1. The molecule has 3 aromatic carbocycles. The Bertz CT molecular complexity index is 1730. The second kappa shape index (κ2) is 16.2. The van der Waals surface area contributed by atoms with Crippen LogP contribution in [0.15, 0.2) is 77.9 Å². The third-order valence-electron chi connectivity index (χ3n) is 7.04. The number of imidazole rings is 1. The first-order valence-electron chi connectivity index (χ1n) is 14.6. The number of ether oxygens (including phenoxy) is 2. The van der Waals surface area contributed by atoms with E-state index in [1.807, 2.05) is 47.0 Å². The fourth-order valence-corrected chi connectivity index (χ4v) is 4.82. The minimum absolute atomic E-state index is 0.0766. The van der Waals surface area contributed by atoms with Crippen LogP contribution in [-0.2, 0) is 29.1 Å². The highest BCUT2D eigenvalue weighted by Crippen LogP contribution is 2.26. The van der Waals surface area contributed by atoms with Crippen molar-refractivity contribution < 1.29 is 29.0 Å². The van der Waals surface area contributed by atoms with E-state index >= 15 is 0 Å². The first kappa shape index (κ1) is 34.4. The molecule has 0 saturated heterocycles. The maximum atomic E-state index is 12.3. The topological polar surface area (TPSA) is 190 Å². The largest absolute Gasteiger partial charge is 0.515 e. The number of aldehydes is 1. The molecule has 0 fully saturated rings. The standard InChI is InChI=1S/C32H34ClN7O7/c1-3-4-9-29-36-30(33)28(19-41)38(29)18-22-10-14-24(15-11-22)26-7-5-6-8-27(26)31(34)37-39(35)21(2)46-32(42)47-25-16-12-23(13-17-25)20-45-40(43)44/h5-8,10-17,19,21H,3-4,9,18,20,35H2,1-2H3,(H2,34,37). The number of hydrazone groups is 1. The van der Waals surface area contributed by atoms with Gasteiger partial charge >= 0.3 is 6.16 Å².